The Bertz CT molecular complexity index is 533. The summed E-state index contributed by atoms with van der Waals surface area (Å²) in [5, 5.41) is 13.8. The lowest BCUT2D eigenvalue weighted by atomic mass is 10.2. The van der Waals surface area contributed by atoms with Crippen LogP contribution in [0.1, 0.15) is 24.8 Å². The third-order valence-electron chi connectivity index (χ3n) is 3.12. The predicted molar refractivity (Wildman–Crippen MR) is 79.2 cm³/mol. The molecule has 0 atom stereocenters. The summed E-state index contributed by atoms with van der Waals surface area (Å²) >= 11 is 0. The maximum atomic E-state index is 11.6. The van der Waals surface area contributed by atoms with Crippen molar-refractivity contribution in [1.29, 1.82) is 0 Å². The Balaban J connectivity index is 1.75. The van der Waals surface area contributed by atoms with E-state index in [0.717, 1.165) is 17.7 Å². The number of carbonyl (C=O) groups excluding carboxylic acids is 1. The lowest BCUT2D eigenvalue weighted by Gasteiger charge is -2.10. The highest BCUT2D eigenvalue weighted by molar-refractivity contribution is 5.74. The summed E-state index contributed by atoms with van der Waals surface area (Å²) in [6.45, 7) is 1.96. The zero-order valence-corrected chi connectivity index (χ0v) is 12.3. The molecule has 0 fully saturated rings. The molecule has 0 saturated heterocycles. The van der Waals surface area contributed by atoms with Gasteiger partial charge in [-0.1, -0.05) is 6.07 Å². The van der Waals surface area contributed by atoms with E-state index in [1.54, 1.807) is 0 Å². The van der Waals surface area contributed by atoms with E-state index in [9.17, 15) is 9.59 Å². The second-order valence-electron chi connectivity index (χ2n) is 4.94. The fraction of sp³-hybridized carbons (Fsp3) is 0.467. The van der Waals surface area contributed by atoms with Gasteiger partial charge in [-0.25, -0.2) is 4.79 Å². The first-order chi connectivity index (χ1) is 10.6. The minimum absolute atomic E-state index is 0.0441. The number of hydrogen-bond donors (Lipinski definition) is 3. The lowest BCUT2D eigenvalue weighted by Crippen LogP contribution is -2.35. The van der Waals surface area contributed by atoms with Gasteiger partial charge in [0.1, 0.15) is 0 Å². The summed E-state index contributed by atoms with van der Waals surface area (Å²) in [6, 6.07) is 5.24. The fourth-order valence-corrected chi connectivity index (χ4v) is 2.00. The molecule has 2 rings (SSSR count). The quantitative estimate of drug-likeness (QED) is 0.692. The van der Waals surface area contributed by atoms with Gasteiger partial charge in [0.25, 0.3) is 0 Å². The molecule has 7 nitrogen and oxygen atoms in total. The second kappa shape index (κ2) is 8.11. The van der Waals surface area contributed by atoms with E-state index in [1.165, 1.54) is 0 Å². The highest BCUT2D eigenvalue weighted by atomic mass is 16.5. The van der Waals surface area contributed by atoms with Gasteiger partial charge in [-0.2, -0.15) is 0 Å². The average Bonchev–Trinajstić information content (AvgIpc) is 2.74. The second-order valence-corrected chi connectivity index (χ2v) is 4.94. The minimum Gasteiger partial charge on any atom is -0.490 e. The first-order valence-electron chi connectivity index (χ1n) is 7.27. The van der Waals surface area contributed by atoms with Crippen LogP contribution in [0.5, 0.6) is 11.5 Å². The molecule has 0 aliphatic carbocycles. The highest BCUT2D eigenvalue weighted by Gasteiger charge is 2.11. The number of urea groups is 1. The Kier molecular flexibility index (Phi) is 5.88. The van der Waals surface area contributed by atoms with Gasteiger partial charge in [-0.3, -0.25) is 4.79 Å². The molecule has 1 heterocycles. The molecule has 120 valence electrons. The number of nitrogens with one attached hydrogen (secondary N) is 2. The molecular formula is C15H20N2O5. The zero-order valence-electron chi connectivity index (χ0n) is 12.3. The molecule has 2 amide bonds. The third kappa shape index (κ3) is 5.16. The van der Waals surface area contributed by atoms with Crippen LogP contribution >= 0.6 is 0 Å². The molecular weight excluding hydrogens is 288 g/mol. The number of benzene rings is 1. The number of rotatable bonds is 6. The number of amides is 2. The predicted octanol–water partition coefficient (Wildman–Crippen LogP) is 1.51. The monoisotopic (exact) mass is 308 g/mol. The van der Waals surface area contributed by atoms with Crippen LogP contribution < -0.4 is 20.1 Å². The molecule has 0 radical (unpaired) electrons. The van der Waals surface area contributed by atoms with Crippen molar-refractivity contribution in [3.63, 3.8) is 0 Å². The summed E-state index contributed by atoms with van der Waals surface area (Å²) in [7, 11) is 0. The van der Waals surface area contributed by atoms with Crippen molar-refractivity contribution >= 4 is 12.0 Å². The van der Waals surface area contributed by atoms with Crippen molar-refractivity contribution in [2.45, 2.75) is 25.8 Å². The van der Waals surface area contributed by atoms with E-state index >= 15 is 0 Å². The zero-order chi connectivity index (χ0) is 15.8. The van der Waals surface area contributed by atoms with E-state index in [0.29, 0.717) is 38.5 Å². The number of fused-ring (bicyclic) bond motifs is 1. The van der Waals surface area contributed by atoms with Crippen molar-refractivity contribution in [2.24, 2.45) is 0 Å². The summed E-state index contributed by atoms with van der Waals surface area (Å²) in [4.78, 5) is 21.9. The standard InChI is InChI=1S/C15H20N2O5/c18-14(19)3-1-6-16-15(20)17-10-11-4-5-12-13(9-11)22-8-2-7-21-12/h4-5,9H,1-3,6-8,10H2,(H,18,19)(H2,16,17,20). The lowest BCUT2D eigenvalue weighted by molar-refractivity contribution is -0.137. The summed E-state index contributed by atoms with van der Waals surface area (Å²) in [5.74, 6) is 0.549. The molecule has 22 heavy (non-hydrogen) atoms. The van der Waals surface area contributed by atoms with E-state index in [2.05, 4.69) is 10.6 Å². The molecule has 3 N–H and O–H groups in total. The van der Waals surface area contributed by atoms with Gasteiger partial charge >= 0.3 is 12.0 Å². The number of carboxylic acids is 1. The van der Waals surface area contributed by atoms with Crippen LogP contribution in [0.25, 0.3) is 0 Å². The van der Waals surface area contributed by atoms with E-state index < -0.39 is 5.97 Å². The normalized spacial score (nSPS) is 13.1. The molecule has 0 unspecified atom stereocenters. The molecule has 7 heteroatoms. The Morgan fingerprint density at radius 2 is 1.91 bits per heavy atom. The van der Waals surface area contributed by atoms with Crippen LogP contribution in [0.15, 0.2) is 18.2 Å². The highest BCUT2D eigenvalue weighted by Crippen LogP contribution is 2.30. The minimum atomic E-state index is -0.866. The summed E-state index contributed by atoms with van der Waals surface area (Å²) in [6.07, 6.45) is 1.30. The maximum Gasteiger partial charge on any atom is 0.315 e. The number of carbonyl (C=O) groups is 2. The van der Waals surface area contributed by atoms with Gasteiger partial charge in [-0.15, -0.1) is 0 Å². The first kappa shape index (κ1) is 15.9. The van der Waals surface area contributed by atoms with E-state index in [-0.39, 0.29) is 12.5 Å². The Labute approximate surface area is 128 Å². The van der Waals surface area contributed by atoms with E-state index in [1.807, 2.05) is 18.2 Å². The van der Waals surface area contributed by atoms with Crippen LogP contribution in [0, 0.1) is 0 Å². The van der Waals surface area contributed by atoms with Crippen molar-refractivity contribution in [2.75, 3.05) is 19.8 Å². The SMILES string of the molecule is O=C(O)CCCNC(=O)NCc1ccc2c(c1)OCCCO2. The van der Waals surface area contributed by atoms with Crippen molar-refractivity contribution in [3.8, 4) is 11.5 Å². The molecule has 0 saturated carbocycles. The van der Waals surface area contributed by atoms with Crippen LogP contribution in [0.4, 0.5) is 4.79 Å². The van der Waals surface area contributed by atoms with Crippen LogP contribution in [0.2, 0.25) is 0 Å². The summed E-state index contributed by atoms with van der Waals surface area (Å²) in [5.41, 5.74) is 0.907. The van der Waals surface area contributed by atoms with Crippen LogP contribution in [-0.4, -0.2) is 36.9 Å². The van der Waals surface area contributed by atoms with Crippen LogP contribution in [-0.2, 0) is 11.3 Å². The van der Waals surface area contributed by atoms with Gasteiger partial charge in [-0.05, 0) is 24.1 Å². The topological polar surface area (TPSA) is 96.9 Å². The Morgan fingerprint density at radius 1 is 1.14 bits per heavy atom. The number of aliphatic carboxylic acids is 1. The van der Waals surface area contributed by atoms with Crippen molar-refractivity contribution in [1.82, 2.24) is 10.6 Å². The van der Waals surface area contributed by atoms with Crippen molar-refractivity contribution in [3.05, 3.63) is 23.8 Å². The number of hydrogen-bond acceptors (Lipinski definition) is 4. The van der Waals surface area contributed by atoms with Crippen molar-refractivity contribution < 1.29 is 24.2 Å². The van der Waals surface area contributed by atoms with Gasteiger partial charge in [0.05, 0.1) is 13.2 Å². The maximum absolute atomic E-state index is 11.6. The molecule has 1 aromatic rings. The van der Waals surface area contributed by atoms with Gasteiger partial charge < -0.3 is 25.2 Å². The Morgan fingerprint density at radius 3 is 2.68 bits per heavy atom. The van der Waals surface area contributed by atoms with Crippen LogP contribution in [0.3, 0.4) is 0 Å². The summed E-state index contributed by atoms with van der Waals surface area (Å²) < 4.78 is 11.1. The number of carboxylic acid groups (broad SMARTS) is 1. The molecule has 1 aliphatic rings. The number of ether oxygens (including phenoxy) is 2. The van der Waals surface area contributed by atoms with E-state index in [4.69, 9.17) is 14.6 Å². The fourth-order valence-electron chi connectivity index (χ4n) is 2.00. The van der Waals surface area contributed by atoms with Gasteiger partial charge in [0.15, 0.2) is 11.5 Å². The molecule has 0 spiro atoms. The first-order valence-corrected chi connectivity index (χ1v) is 7.27. The average molecular weight is 308 g/mol. The van der Waals surface area contributed by atoms with Gasteiger partial charge in [0, 0.05) is 25.9 Å². The molecule has 0 bridgehead atoms. The largest absolute Gasteiger partial charge is 0.490 e. The van der Waals surface area contributed by atoms with Gasteiger partial charge in [0.2, 0.25) is 0 Å². The smallest absolute Gasteiger partial charge is 0.315 e. The molecule has 0 aromatic heterocycles. The third-order valence-corrected chi connectivity index (χ3v) is 3.12. The molecule has 1 aromatic carbocycles. The Hall–Kier alpha value is -2.44. The molecule has 1 aliphatic heterocycles.